The number of rotatable bonds is 4. The van der Waals surface area contributed by atoms with Crippen LogP contribution in [0.1, 0.15) is 40.5 Å². The summed E-state index contributed by atoms with van der Waals surface area (Å²) in [6.45, 7) is 8.04. The Hall–Kier alpha value is -0.220. The molecule has 0 aliphatic rings. The third-order valence-electron chi connectivity index (χ3n) is 1.61. The van der Waals surface area contributed by atoms with Crippen LogP contribution in [0.4, 0.5) is 4.79 Å². The van der Waals surface area contributed by atoms with Gasteiger partial charge in [0, 0.05) is 11.3 Å². The Morgan fingerprint density at radius 2 is 2.07 bits per heavy atom. The Morgan fingerprint density at radius 1 is 1.47 bits per heavy atom. The SMILES string of the molecule is CCCC(C)NC(=O)/N=C(\Cl)SC(C)C. The zero-order valence-electron chi connectivity index (χ0n) is 9.71. The first kappa shape index (κ1) is 14.8. The fourth-order valence-corrected chi connectivity index (χ4v) is 2.18. The molecule has 0 aliphatic carbocycles. The van der Waals surface area contributed by atoms with Crippen molar-refractivity contribution in [3.8, 4) is 0 Å². The Bertz CT molecular complexity index is 231. The number of nitrogens with one attached hydrogen (secondary N) is 1. The molecule has 0 bridgehead atoms. The third-order valence-corrected chi connectivity index (χ3v) is 2.72. The molecule has 2 amide bonds. The fourth-order valence-electron chi connectivity index (χ4n) is 1.05. The number of aliphatic imine (C=N–C) groups is 1. The van der Waals surface area contributed by atoms with Crippen molar-refractivity contribution in [1.82, 2.24) is 5.32 Å². The van der Waals surface area contributed by atoms with E-state index in [4.69, 9.17) is 11.6 Å². The second-order valence-corrected chi connectivity index (χ2v) is 5.82. The highest BCUT2D eigenvalue weighted by molar-refractivity contribution is 8.17. The molecule has 1 unspecified atom stereocenters. The first-order valence-electron chi connectivity index (χ1n) is 5.17. The summed E-state index contributed by atoms with van der Waals surface area (Å²) in [6.07, 6.45) is 2.00. The summed E-state index contributed by atoms with van der Waals surface area (Å²) in [7, 11) is 0. The number of halogens is 1. The lowest BCUT2D eigenvalue weighted by Gasteiger charge is -2.10. The standard InChI is InChI=1S/C10H19ClN2OS/c1-5-6-8(4)12-10(14)13-9(11)15-7(2)3/h7-8H,5-6H2,1-4H3,(H,12,14)/b13-9+. The highest BCUT2D eigenvalue weighted by Gasteiger charge is 2.07. The number of thioether (sulfide) groups is 1. The van der Waals surface area contributed by atoms with Crippen molar-refractivity contribution >= 4 is 33.9 Å². The largest absolute Gasteiger partial charge is 0.343 e. The molecule has 0 aromatic heterocycles. The normalized spacial score (nSPS) is 14.1. The van der Waals surface area contributed by atoms with Gasteiger partial charge in [-0.2, -0.15) is 4.99 Å². The van der Waals surface area contributed by atoms with Crippen LogP contribution in [0.5, 0.6) is 0 Å². The molecular formula is C10H19ClN2OS. The van der Waals surface area contributed by atoms with E-state index in [-0.39, 0.29) is 12.1 Å². The van der Waals surface area contributed by atoms with Gasteiger partial charge in [0.1, 0.15) is 0 Å². The molecule has 0 spiro atoms. The van der Waals surface area contributed by atoms with Crippen molar-refractivity contribution < 1.29 is 4.79 Å². The maximum Gasteiger partial charge on any atom is 0.343 e. The van der Waals surface area contributed by atoms with Crippen LogP contribution in [0.25, 0.3) is 0 Å². The highest BCUT2D eigenvalue weighted by atomic mass is 35.5. The van der Waals surface area contributed by atoms with Crippen LogP contribution < -0.4 is 5.32 Å². The second kappa shape index (κ2) is 7.99. The average Bonchev–Trinajstić information content (AvgIpc) is 2.00. The Labute approximate surface area is 101 Å². The van der Waals surface area contributed by atoms with Gasteiger partial charge in [-0.3, -0.25) is 0 Å². The minimum Gasteiger partial charge on any atom is -0.334 e. The quantitative estimate of drug-likeness (QED) is 0.612. The second-order valence-electron chi connectivity index (χ2n) is 3.67. The predicted molar refractivity (Wildman–Crippen MR) is 68.9 cm³/mol. The van der Waals surface area contributed by atoms with Crippen LogP contribution in [-0.2, 0) is 0 Å². The lowest BCUT2D eigenvalue weighted by molar-refractivity contribution is 0.246. The maximum absolute atomic E-state index is 11.3. The Morgan fingerprint density at radius 3 is 2.53 bits per heavy atom. The first-order chi connectivity index (χ1) is 6.95. The van der Waals surface area contributed by atoms with Gasteiger partial charge in [0.2, 0.25) is 0 Å². The van der Waals surface area contributed by atoms with Gasteiger partial charge in [0.05, 0.1) is 0 Å². The summed E-state index contributed by atoms with van der Waals surface area (Å²) in [5.41, 5.74) is 0. The predicted octanol–water partition coefficient (Wildman–Crippen LogP) is 3.62. The van der Waals surface area contributed by atoms with Gasteiger partial charge in [-0.05, 0) is 13.3 Å². The summed E-state index contributed by atoms with van der Waals surface area (Å²) >= 11 is 7.16. The summed E-state index contributed by atoms with van der Waals surface area (Å²) in [5.74, 6) is 0. The molecule has 0 aromatic carbocycles. The lowest BCUT2D eigenvalue weighted by Crippen LogP contribution is -2.30. The van der Waals surface area contributed by atoms with Crippen molar-refractivity contribution in [2.75, 3.05) is 0 Å². The molecule has 0 aliphatic heterocycles. The van der Waals surface area contributed by atoms with Crippen LogP contribution in [0.3, 0.4) is 0 Å². The number of carbonyl (C=O) groups is 1. The average molecular weight is 251 g/mol. The van der Waals surface area contributed by atoms with Crippen LogP contribution in [0, 0.1) is 0 Å². The van der Waals surface area contributed by atoms with Crippen molar-refractivity contribution in [3.63, 3.8) is 0 Å². The van der Waals surface area contributed by atoms with E-state index in [1.807, 2.05) is 20.8 Å². The summed E-state index contributed by atoms with van der Waals surface area (Å²) in [6, 6.07) is -0.200. The molecule has 88 valence electrons. The summed E-state index contributed by atoms with van der Waals surface area (Å²) < 4.78 is 0.297. The highest BCUT2D eigenvalue weighted by Crippen LogP contribution is 2.14. The number of carbonyl (C=O) groups excluding carboxylic acids is 1. The fraction of sp³-hybridized carbons (Fsp3) is 0.800. The van der Waals surface area contributed by atoms with E-state index < -0.39 is 0 Å². The molecule has 15 heavy (non-hydrogen) atoms. The van der Waals surface area contributed by atoms with Gasteiger partial charge in [-0.25, -0.2) is 4.79 Å². The topological polar surface area (TPSA) is 41.5 Å². The summed E-state index contributed by atoms with van der Waals surface area (Å²) in [4.78, 5) is 15.1. The molecule has 1 atom stereocenters. The van der Waals surface area contributed by atoms with E-state index >= 15 is 0 Å². The van der Waals surface area contributed by atoms with E-state index in [2.05, 4.69) is 17.2 Å². The number of amides is 2. The van der Waals surface area contributed by atoms with Gasteiger partial charge < -0.3 is 5.32 Å². The molecule has 0 fully saturated rings. The molecule has 0 rings (SSSR count). The van der Waals surface area contributed by atoms with Crippen molar-refractivity contribution in [2.45, 2.75) is 51.8 Å². The monoisotopic (exact) mass is 250 g/mol. The molecule has 0 heterocycles. The van der Waals surface area contributed by atoms with E-state index in [9.17, 15) is 4.79 Å². The smallest absolute Gasteiger partial charge is 0.334 e. The van der Waals surface area contributed by atoms with Crippen molar-refractivity contribution in [3.05, 3.63) is 0 Å². The molecule has 5 heteroatoms. The van der Waals surface area contributed by atoms with Gasteiger partial charge in [-0.1, -0.05) is 50.6 Å². The minimum atomic E-state index is -0.353. The van der Waals surface area contributed by atoms with Crippen LogP contribution >= 0.6 is 23.4 Å². The van der Waals surface area contributed by atoms with Gasteiger partial charge >= 0.3 is 6.03 Å². The maximum atomic E-state index is 11.3. The van der Waals surface area contributed by atoms with E-state index in [0.29, 0.717) is 9.75 Å². The molecule has 0 saturated carbocycles. The summed E-state index contributed by atoms with van der Waals surface area (Å²) in [5, 5.41) is 3.10. The molecule has 0 aromatic rings. The van der Waals surface area contributed by atoms with Gasteiger partial charge in [0.25, 0.3) is 0 Å². The number of hydrogen-bond acceptors (Lipinski definition) is 2. The zero-order chi connectivity index (χ0) is 11.8. The number of hydrogen-bond donors (Lipinski definition) is 1. The Balaban J connectivity index is 4.00. The molecule has 3 nitrogen and oxygen atoms in total. The first-order valence-corrected chi connectivity index (χ1v) is 6.42. The van der Waals surface area contributed by atoms with Crippen molar-refractivity contribution in [2.24, 2.45) is 4.99 Å². The number of urea groups is 1. The number of nitrogens with zero attached hydrogens (tertiary/aromatic N) is 1. The molecular weight excluding hydrogens is 232 g/mol. The van der Waals surface area contributed by atoms with E-state index in [0.717, 1.165) is 12.8 Å². The van der Waals surface area contributed by atoms with Crippen molar-refractivity contribution in [1.29, 1.82) is 0 Å². The lowest BCUT2D eigenvalue weighted by atomic mass is 10.2. The zero-order valence-corrected chi connectivity index (χ0v) is 11.3. The van der Waals surface area contributed by atoms with Crippen LogP contribution in [-0.4, -0.2) is 21.8 Å². The van der Waals surface area contributed by atoms with E-state index in [1.165, 1.54) is 11.8 Å². The molecule has 0 radical (unpaired) electrons. The van der Waals surface area contributed by atoms with Gasteiger partial charge in [-0.15, -0.1) is 0 Å². The van der Waals surface area contributed by atoms with Crippen LogP contribution in [0.15, 0.2) is 4.99 Å². The van der Waals surface area contributed by atoms with Gasteiger partial charge in [0.15, 0.2) is 4.50 Å². The van der Waals surface area contributed by atoms with E-state index in [1.54, 1.807) is 0 Å². The Kier molecular flexibility index (Phi) is 7.88. The molecule has 1 N–H and O–H groups in total. The molecule has 0 saturated heterocycles. The van der Waals surface area contributed by atoms with Crippen LogP contribution in [0.2, 0.25) is 0 Å². The third kappa shape index (κ3) is 8.75. The minimum absolute atomic E-state index is 0.153.